The summed E-state index contributed by atoms with van der Waals surface area (Å²) in [5.74, 6) is 0.260. The Labute approximate surface area is 114 Å². The number of carbonyl (C=O) groups is 1. The average molecular weight is 266 g/mol. The van der Waals surface area contributed by atoms with Crippen LogP contribution in [0.5, 0.6) is 0 Å². The minimum absolute atomic E-state index is 0.230. The largest absolute Gasteiger partial charge is 0.319 e. The molecular formula is C13H10N6O. The Balaban J connectivity index is 1.74. The molecule has 0 unspecified atom stereocenters. The highest BCUT2D eigenvalue weighted by atomic mass is 16.1. The van der Waals surface area contributed by atoms with Crippen LogP contribution in [-0.2, 0) is 0 Å². The average Bonchev–Trinajstić information content (AvgIpc) is 3.03. The van der Waals surface area contributed by atoms with Crippen LogP contribution in [0.1, 0.15) is 10.4 Å². The third-order valence-electron chi connectivity index (χ3n) is 2.57. The molecule has 0 aromatic carbocycles. The molecule has 0 saturated carbocycles. The van der Waals surface area contributed by atoms with Gasteiger partial charge in [-0.05, 0) is 12.1 Å². The van der Waals surface area contributed by atoms with Gasteiger partial charge >= 0.3 is 0 Å². The summed E-state index contributed by atoms with van der Waals surface area (Å²) in [6, 6.07) is 3.27. The van der Waals surface area contributed by atoms with E-state index in [0.717, 1.165) is 0 Å². The van der Waals surface area contributed by atoms with Crippen LogP contribution >= 0.6 is 0 Å². The van der Waals surface area contributed by atoms with Crippen LogP contribution in [0.2, 0.25) is 0 Å². The Hall–Kier alpha value is -3.09. The summed E-state index contributed by atoms with van der Waals surface area (Å²) < 4.78 is 1.68. The first-order valence-corrected chi connectivity index (χ1v) is 5.85. The second-order valence-electron chi connectivity index (χ2n) is 3.93. The van der Waals surface area contributed by atoms with Gasteiger partial charge in [-0.2, -0.15) is 0 Å². The highest BCUT2D eigenvalue weighted by molar-refractivity contribution is 6.03. The van der Waals surface area contributed by atoms with E-state index in [-0.39, 0.29) is 5.91 Å². The molecule has 3 rings (SSSR count). The molecule has 1 amide bonds. The van der Waals surface area contributed by atoms with Crippen molar-refractivity contribution >= 4 is 11.6 Å². The molecule has 3 aromatic heterocycles. The predicted molar refractivity (Wildman–Crippen MR) is 71.3 cm³/mol. The van der Waals surface area contributed by atoms with Crippen LogP contribution in [0.15, 0.2) is 55.6 Å². The van der Waals surface area contributed by atoms with Crippen LogP contribution in [0.3, 0.4) is 0 Å². The Kier molecular flexibility index (Phi) is 3.15. The number of pyridine rings is 1. The normalized spacial score (nSPS) is 10.2. The molecule has 0 aliphatic rings. The Morgan fingerprint density at radius 2 is 1.80 bits per heavy atom. The molecule has 0 fully saturated rings. The lowest BCUT2D eigenvalue weighted by molar-refractivity contribution is 0.102. The number of imidazole rings is 1. The van der Waals surface area contributed by atoms with E-state index < -0.39 is 0 Å². The third kappa shape index (κ3) is 2.51. The van der Waals surface area contributed by atoms with Gasteiger partial charge in [0.05, 0.1) is 18.1 Å². The van der Waals surface area contributed by atoms with Crippen LogP contribution in [0, 0.1) is 0 Å². The van der Waals surface area contributed by atoms with E-state index in [2.05, 4.69) is 25.3 Å². The lowest BCUT2D eigenvalue weighted by Gasteiger charge is -2.05. The smallest absolute Gasteiger partial charge is 0.255 e. The van der Waals surface area contributed by atoms with Crippen molar-refractivity contribution in [1.29, 1.82) is 0 Å². The highest BCUT2D eigenvalue weighted by Crippen LogP contribution is 2.08. The lowest BCUT2D eigenvalue weighted by Crippen LogP contribution is -2.12. The Bertz CT molecular complexity index is 693. The molecule has 0 atom stereocenters. The number of amides is 1. The van der Waals surface area contributed by atoms with Gasteiger partial charge in [-0.15, -0.1) is 0 Å². The maximum atomic E-state index is 11.9. The summed E-state index contributed by atoms with van der Waals surface area (Å²) in [5, 5.41) is 2.71. The topological polar surface area (TPSA) is 85.6 Å². The van der Waals surface area contributed by atoms with Crippen molar-refractivity contribution < 1.29 is 4.79 Å². The van der Waals surface area contributed by atoms with Crippen molar-refractivity contribution in [3.05, 3.63) is 61.2 Å². The molecule has 0 saturated heterocycles. The monoisotopic (exact) mass is 266 g/mol. The van der Waals surface area contributed by atoms with Gasteiger partial charge in [-0.25, -0.2) is 15.0 Å². The maximum absolute atomic E-state index is 11.9. The number of rotatable bonds is 3. The molecule has 3 aromatic rings. The van der Waals surface area contributed by atoms with E-state index in [0.29, 0.717) is 17.2 Å². The SMILES string of the molecule is O=C(Nc1cnc(-n2ccnc2)nc1)c1ccncc1. The third-order valence-corrected chi connectivity index (χ3v) is 2.57. The minimum Gasteiger partial charge on any atom is -0.319 e. The fourth-order valence-corrected chi connectivity index (χ4v) is 1.60. The highest BCUT2D eigenvalue weighted by Gasteiger charge is 2.06. The van der Waals surface area contributed by atoms with Crippen molar-refractivity contribution in [2.45, 2.75) is 0 Å². The molecular weight excluding hydrogens is 256 g/mol. The summed E-state index contributed by atoms with van der Waals surface area (Å²) in [5.41, 5.74) is 1.05. The number of nitrogens with one attached hydrogen (secondary N) is 1. The van der Waals surface area contributed by atoms with Gasteiger partial charge in [0.2, 0.25) is 5.95 Å². The molecule has 7 nitrogen and oxygen atoms in total. The second-order valence-corrected chi connectivity index (χ2v) is 3.93. The van der Waals surface area contributed by atoms with Crippen molar-refractivity contribution in [3.63, 3.8) is 0 Å². The summed E-state index contributed by atoms with van der Waals surface area (Å²) in [6.07, 6.45) is 11.2. The summed E-state index contributed by atoms with van der Waals surface area (Å²) in [6.45, 7) is 0. The van der Waals surface area contributed by atoms with E-state index in [1.807, 2.05) is 0 Å². The van der Waals surface area contributed by atoms with Crippen molar-refractivity contribution in [1.82, 2.24) is 24.5 Å². The molecule has 0 bridgehead atoms. The van der Waals surface area contributed by atoms with Crippen molar-refractivity contribution in [3.8, 4) is 5.95 Å². The van der Waals surface area contributed by atoms with Crippen molar-refractivity contribution in [2.75, 3.05) is 5.32 Å². The van der Waals surface area contributed by atoms with E-state index in [4.69, 9.17) is 0 Å². The minimum atomic E-state index is -0.230. The standard InChI is InChI=1S/C13H10N6O/c20-12(10-1-3-14-4-2-10)18-11-7-16-13(17-8-11)19-6-5-15-9-19/h1-9H,(H,18,20). The quantitative estimate of drug-likeness (QED) is 0.772. The van der Waals surface area contributed by atoms with E-state index in [1.165, 1.54) is 0 Å². The number of nitrogens with zero attached hydrogens (tertiary/aromatic N) is 5. The predicted octanol–water partition coefficient (Wildman–Crippen LogP) is 1.31. The van der Waals surface area contributed by atoms with Crippen LogP contribution < -0.4 is 5.32 Å². The molecule has 20 heavy (non-hydrogen) atoms. The van der Waals surface area contributed by atoms with Gasteiger partial charge in [0.25, 0.3) is 5.91 Å². The molecule has 0 aliphatic heterocycles. The van der Waals surface area contributed by atoms with Crippen LogP contribution in [0.25, 0.3) is 5.95 Å². The number of carbonyl (C=O) groups excluding carboxylic acids is 1. The van der Waals surface area contributed by atoms with E-state index in [1.54, 1.807) is 60.2 Å². The Morgan fingerprint density at radius 1 is 1.05 bits per heavy atom. The first kappa shape index (κ1) is 12.0. The van der Waals surface area contributed by atoms with Gasteiger partial charge < -0.3 is 5.32 Å². The van der Waals surface area contributed by atoms with Crippen LogP contribution in [-0.4, -0.2) is 30.4 Å². The maximum Gasteiger partial charge on any atom is 0.255 e. The summed E-state index contributed by atoms with van der Waals surface area (Å²) in [4.78, 5) is 28.0. The van der Waals surface area contributed by atoms with Gasteiger partial charge in [-0.1, -0.05) is 0 Å². The van der Waals surface area contributed by atoms with Gasteiger partial charge in [-0.3, -0.25) is 14.3 Å². The molecule has 7 heteroatoms. The van der Waals surface area contributed by atoms with Gasteiger partial charge in [0, 0.05) is 30.4 Å². The molecule has 3 heterocycles. The Morgan fingerprint density at radius 3 is 2.45 bits per heavy atom. The number of hydrogen-bond donors (Lipinski definition) is 1. The van der Waals surface area contributed by atoms with Crippen molar-refractivity contribution in [2.24, 2.45) is 0 Å². The van der Waals surface area contributed by atoms with Gasteiger partial charge in [0.15, 0.2) is 0 Å². The second kappa shape index (κ2) is 5.27. The first-order valence-electron chi connectivity index (χ1n) is 5.85. The van der Waals surface area contributed by atoms with Gasteiger partial charge in [0.1, 0.15) is 6.33 Å². The molecule has 0 spiro atoms. The number of aromatic nitrogens is 5. The van der Waals surface area contributed by atoms with Crippen LogP contribution in [0.4, 0.5) is 5.69 Å². The molecule has 98 valence electrons. The first-order chi connectivity index (χ1) is 9.83. The number of anilines is 1. The zero-order valence-corrected chi connectivity index (χ0v) is 10.3. The number of hydrogen-bond acceptors (Lipinski definition) is 5. The zero-order valence-electron chi connectivity index (χ0n) is 10.3. The molecule has 0 radical (unpaired) electrons. The summed E-state index contributed by atoms with van der Waals surface area (Å²) in [7, 11) is 0. The van der Waals surface area contributed by atoms with E-state index >= 15 is 0 Å². The fourth-order valence-electron chi connectivity index (χ4n) is 1.60. The molecule has 0 aliphatic carbocycles. The lowest BCUT2D eigenvalue weighted by atomic mass is 10.2. The summed E-state index contributed by atoms with van der Waals surface area (Å²) >= 11 is 0. The van der Waals surface area contributed by atoms with E-state index in [9.17, 15) is 4.79 Å². The fraction of sp³-hybridized carbons (Fsp3) is 0. The zero-order chi connectivity index (χ0) is 13.8. The molecule has 1 N–H and O–H groups in total.